The number of imidazole rings is 1. The van der Waals surface area contributed by atoms with Crippen molar-refractivity contribution in [3.8, 4) is 22.2 Å². The Bertz CT molecular complexity index is 1360. The van der Waals surface area contributed by atoms with E-state index in [9.17, 15) is 18.3 Å². The topological polar surface area (TPSA) is 93.7 Å². The Labute approximate surface area is 203 Å². The van der Waals surface area contributed by atoms with Crippen molar-refractivity contribution in [2.75, 3.05) is 11.9 Å². The number of alkyl halides is 3. The van der Waals surface area contributed by atoms with Gasteiger partial charge in [0, 0.05) is 44.3 Å². The van der Waals surface area contributed by atoms with Gasteiger partial charge in [-0.1, -0.05) is 0 Å². The molecule has 0 amide bonds. The highest BCUT2D eigenvalue weighted by molar-refractivity contribution is 7.22. The van der Waals surface area contributed by atoms with Gasteiger partial charge in [-0.3, -0.25) is 4.68 Å². The molecule has 0 radical (unpaired) electrons. The van der Waals surface area contributed by atoms with Crippen molar-refractivity contribution in [1.29, 1.82) is 0 Å². The third-order valence-corrected chi connectivity index (χ3v) is 7.47. The number of aromatic nitrogens is 6. The van der Waals surface area contributed by atoms with Crippen molar-refractivity contribution in [2.45, 2.75) is 51.4 Å². The molecular formula is C23H26F3N7OS. The standard InChI is InChI=1S/C23H26F3N7OS/c1-12(2)33-8-6-15(31-33)18-17(23(24,25)26)16-19(28-14-5-4-13(10-14)11-34)29-20(30-22(16)35-18)21-27-7-9-32(21)3/h6-9,12-14,34H,4-5,10-11H2,1-3H3,(H,28,29,30)/t13-,14+/m0/s1. The molecule has 8 nitrogen and oxygen atoms in total. The second-order valence-corrected chi connectivity index (χ2v) is 10.2. The van der Waals surface area contributed by atoms with Crippen LogP contribution in [0.25, 0.3) is 32.4 Å². The maximum atomic E-state index is 14.6. The van der Waals surface area contributed by atoms with Crippen LogP contribution in [0, 0.1) is 5.92 Å². The van der Waals surface area contributed by atoms with Gasteiger partial charge in [-0.25, -0.2) is 15.0 Å². The van der Waals surface area contributed by atoms with Gasteiger partial charge in [0.2, 0.25) is 0 Å². The van der Waals surface area contributed by atoms with Crippen molar-refractivity contribution in [3.63, 3.8) is 0 Å². The fraction of sp³-hybridized carbons (Fsp3) is 0.478. The predicted octanol–water partition coefficient (Wildman–Crippen LogP) is 5.13. The smallest absolute Gasteiger partial charge is 0.396 e. The molecule has 0 aliphatic heterocycles. The lowest BCUT2D eigenvalue weighted by atomic mass is 10.1. The monoisotopic (exact) mass is 505 g/mol. The molecule has 35 heavy (non-hydrogen) atoms. The number of anilines is 1. The lowest BCUT2D eigenvalue weighted by molar-refractivity contribution is -0.135. The molecule has 2 N–H and O–H groups in total. The van der Waals surface area contributed by atoms with Gasteiger partial charge in [0.25, 0.3) is 0 Å². The van der Waals surface area contributed by atoms with Crippen LogP contribution in [0.5, 0.6) is 0 Å². The van der Waals surface area contributed by atoms with Crippen LogP contribution >= 0.6 is 11.3 Å². The van der Waals surface area contributed by atoms with Crippen LogP contribution < -0.4 is 5.32 Å². The predicted molar refractivity (Wildman–Crippen MR) is 128 cm³/mol. The number of hydrogen-bond donors (Lipinski definition) is 2. The lowest BCUT2D eigenvalue weighted by Crippen LogP contribution is -2.18. The molecular weight excluding hydrogens is 479 g/mol. The highest BCUT2D eigenvalue weighted by Crippen LogP contribution is 2.48. The molecule has 0 aromatic carbocycles. The second-order valence-electron chi connectivity index (χ2n) is 9.22. The van der Waals surface area contributed by atoms with Crippen LogP contribution in [-0.2, 0) is 13.2 Å². The fourth-order valence-electron chi connectivity index (χ4n) is 4.55. The molecule has 0 bridgehead atoms. The molecule has 186 valence electrons. The van der Waals surface area contributed by atoms with Crippen molar-refractivity contribution in [1.82, 2.24) is 29.3 Å². The second kappa shape index (κ2) is 8.90. The molecule has 4 aromatic heterocycles. The quantitative estimate of drug-likeness (QED) is 0.378. The lowest BCUT2D eigenvalue weighted by Gasteiger charge is -2.17. The average Bonchev–Trinajstić information content (AvgIpc) is 3.57. The molecule has 12 heteroatoms. The van der Waals surface area contributed by atoms with Gasteiger partial charge in [-0.15, -0.1) is 11.3 Å². The molecule has 1 aliphatic rings. The van der Waals surface area contributed by atoms with Crippen molar-refractivity contribution in [2.24, 2.45) is 13.0 Å². The van der Waals surface area contributed by atoms with Crippen LogP contribution in [-0.4, -0.2) is 47.1 Å². The first-order valence-electron chi connectivity index (χ1n) is 11.5. The number of halogens is 3. The van der Waals surface area contributed by atoms with Crippen LogP contribution in [0.2, 0.25) is 0 Å². The number of aliphatic hydroxyl groups is 1. The zero-order valence-electron chi connectivity index (χ0n) is 19.5. The van der Waals surface area contributed by atoms with E-state index in [0.29, 0.717) is 12.2 Å². The van der Waals surface area contributed by atoms with E-state index in [2.05, 4.69) is 25.4 Å². The molecule has 0 saturated heterocycles. The number of aryl methyl sites for hydroxylation is 1. The molecule has 1 fully saturated rings. The number of rotatable bonds is 6. The van der Waals surface area contributed by atoms with Gasteiger partial charge >= 0.3 is 6.18 Å². The van der Waals surface area contributed by atoms with E-state index in [0.717, 1.165) is 24.2 Å². The van der Waals surface area contributed by atoms with E-state index >= 15 is 0 Å². The Balaban J connectivity index is 1.72. The molecule has 1 saturated carbocycles. The Hall–Kier alpha value is -2.99. The maximum absolute atomic E-state index is 14.6. The van der Waals surface area contributed by atoms with Gasteiger partial charge in [-0.2, -0.15) is 18.3 Å². The minimum absolute atomic E-state index is 0.0147. The largest absolute Gasteiger partial charge is 0.418 e. The molecule has 1 aliphatic carbocycles. The summed E-state index contributed by atoms with van der Waals surface area (Å²) in [4.78, 5) is 13.6. The Morgan fingerprint density at radius 2 is 2.03 bits per heavy atom. The number of hydrogen-bond acceptors (Lipinski definition) is 7. The summed E-state index contributed by atoms with van der Waals surface area (Å²) in [6.45, 7) is 3.89. The minimum Gasteiger partial charge on any atom is -0.396 e. The number of aliphatic hydroxyl groups excluding tert-OH is 1. The summed E-state index contributed by atoms with van der Waals surface area (Å²) in [7, 11) is 1.78. The number of nitrogens with zero attached hydrogens (tertiary/aromatic N) is 6. The highest BCUT2D eigenvalue weighted by atomic mass is 32.1. The molecule has 4 aromatic rings. The van der Waals surface area contributed by atoms with Gasteiger partial charge < -0.3 is 15.0 Å². The summed E-state index contributed by atoms with van der Waals surface area (Å²) in [6, 6.07) is 1.52. The Morgan fingerprint density at radius 1 is 1.23 bits per heavy atom. The van der Waals surface area contributed by atoms with Crippen LogP contribution in [0.4, 0.5) is 19.0 Å². The number of fused-ring (bicyclic) bond motifs is 1. The third kappa shape index (κ3) is 4.40. The van der Waals surface area contributed by atoms with E-state index in [1.807, 2.05) is 13.8 Å². The molecule has 0 spiro atoms. The molecule has 0 unspecified atom stereocenters. The van der Waals surface area contributed by atoms with Crippen molar-refractivity contribution < 1.29 is 18.3 Å². The first-order valence-corrected chi connectivity index (χ1v) is 12.3. The summed E-state index contributed by atoms with van der Waals surface area (Å²) in [6.07, 6.45) is 2.59. The van der Waals surface area contributed by atoms with E-state index in [4.69, 9.17) is 0 Å². The molecule has 2 atom stereocenters. The van der Waals surface area contributed by atoms with E-state index in [-0.39, 0.29) is 57.0 Å². The number of nitrogens with one attached hydrogen (secondary N) is 1. The van der Waals surface area contributed by atoms with Crippen LogP contribution in [0.1, 0.15) is 44.7 Å². The zero-order chi connectivity index (χ0) is 24.9. The Morgan fingerprint density at radius 3 is 2.63 bits per heavy atom. The van der Waals surface area contributed by atoms with Crippen molar-refractivity contribution >= 4 is 27.4 Å². The maximum Gasteiger partial charge on any atom is 0.418 e. The minimum atomic E-state index is -4.64. The van der Waals surface area contributed by atoms with E-state index < -0.39 is 11.7 Å². The molecule has 4 heterocycles. The van der Waals surface area contributed by atoms with E-state index in [1.165, 1.54) is 0 Å². The van der Waals surface area contributed by atoms with Gasteiger partial charge in [0.15, 0.2) is 11.6 Å². The SMILES string of the molecule is CC(C)n1ccc(-c2sc3nc(-c4nccn4C)nc(N[C@@H]4CC[C@H](CO)C4)c3c2C(F)(F)F)n1. The fourth-order valence-corrected chi connectivity index (χ4v) is 5.71. The first-order chi connectivity index (χ1) is 16.7. The third-order valence-electron chi connectivity index (χ3n) is 6.37. The normalized spacial score (nSPS) is 18.7. The summed E-state index contributed by atoms with van der Waals surface area (Å²) in [5, 5.41) is 17.1. The first kappa shape index (κ1) is 23.7. The van der Waals surface area contributed by atoms with Crippen LogP contribution in [0.15, 0.2) is 24.7 Å². The zero-order valence-corrected chi connectivity index (χ0v) is 20.4. The summed E-state index contributed by atoms with van der Waals surface area (Å²) in [5.41, 5.74) is -0.531. The van der Waals surface area contributed by atoms with Gasteiger partial charge in [0.05, 0.1) is 15.8 Å². The van der Waals surface area contributed by atoms with Gasteiger partial charge in [-0.05, 0) is 45.1 Å². The summed E-state index contributed by atoms with van der Waals surface area (Å²) < 4.78 is 47.0. The summed E-state index contributed by atoms with van der Waals surface area (Å²) in [5.74, 6) is 0.967. The van der Waals surface area contributed by atoms with Crippen molar-refractivity contribution in [3.05, 3.63) is 30.2 Å². The Kier molecular flexibility index (Phi) is 6.04. The average molecular weight is 506 g/mol. The van der Waals surface area contributed by atoms with E-state index in [1.54, 1.807) is 41.0 Å². The number of thiophene rings is 1. The highest BCUT2D eigenvalue weighted by Gasteiger charge is 2.41. The van der Waals surface area contributed by atoms with Gasteiger partial charge in [0.1, 0.15) is 16.3 Å². The molecule has 5 rings (SSSR count). The summed E-state index contributed by atoms with van der Waals surface area (Å²) >= 11 is 0.959. The van der Waals surface area contributed by atoms with Crippen LogP contribution in [0.3, 0.4) is 0 Å².